The van der Waals surface area contributed by atoms with Crippen molar-refractivity contribution < 1.29 is 4.79 Å². The Morgan fingerprint density at radius 3 is 3.00 bits per heavy atom. The highest BCUT2D eigenvalue weighted by Crippen LogP contribution is 2.31. The first-order valence-corrected chi connectivity index (χ1v) is 8.99. The van der Waals surface area contributed by atoms with Gasteiger partial charge in [0.15, 0.2) is 5.69 Å². The summed E-state index contributed by atoms with van der Waals surface area (Å²) in [5.74, 6) is 0.145. The van der Waals surface area contributed by atoms with Crippen LogP contribution in [0.1, 0.15) is 51.4 Å². The molecule has 1 amide bonds. The third-order valence-electron chi connectivity index (χ3n) is 4.71. The summed E-state index contributed by atoms with van der Waals surface area (Å²) >= 11 is 1.60. The number of fused-ring (bicyclic) bond motifs is 2. The second-order valence-corrected chi connectivity index (χ2v) is 7.09. The van der Waals surface area contributed by atoms with E-state index in [4.69, 9.17) is 5.26 Å². The smallest absolute Gasteiger partial charge is 0.264 e. The molecular weight excluding hydrogens is 308 g/mol. The van der Waals surface area contributed by atoms with Gasteiger partial charge in [0, 0.05) is 13.1 Å². The molecule has 0 saturated carbocycles. The lowest BCUT2D eigenvalue weighted by Gasteiger charge is -2.21. The molecule has 6 heteroatoms. The summed E-state index contributed by atoms with van der Waals surface area (Å²) in [4.78, 5) is 15.9. The van der Waals surface area contributed by atoms with E-state index >= 15 is 0 Å². The zero-order valence-electron chi connectivity index (χ0n) is 12.9. The molecule has 23 heavy (non-hydrogen) atoms. The lowest BCUT2D eigenvalue weighted by molar-refractivity contribution is 0.0749. The highest BCUT2D eigenvalue weighted by atomic mass is 32.1. The van der Waals surface area contributed by atoms with Crippen molar-refractivity contribution in [1.29, 1.82) is 5.26 Å². The fourth-order valence-corrected chi connectivity index (χ4v) is 4.66. The van der Waals surface area contributed by atoms with Gasteiger partial charge in [-0.15, -0.1) is 11.3 Å². The van der Waals surface area contributed by atoms with Crippen LogP contribution in [-0.4, -0.2) is 27.1 Å². The number of nitrogens with zero attached hydrogens (tertiary/aromatic N) is 4. The molecule has 2 aromatic rings. The minimum Gasteiger partial charge on any atom is -0.332 e. The van der Waals surface area contributed by atoms with Crippen LogP contribution in [0.15, 0.2) is 11.4 Å². The number of aromatic nitrogens is 2. The van der Waals surface area contributed by atoms with Gasteiger partial charge >= 0.3 is 0 Å². The van der Waals surface area contributed by atoms with E-state index in [1.165, 1.54) is 24.0 Å². The van der Waals surface area contributed by atoms with E-state index in [-0.39, 0.29) is 5.91 Å². The van der Waals surface area contributed by atoms with Crippen LogP contribution >= 0.6 is 11.3 Å². The predicted octanol–water partition coefficient (Wildman–Crippen LogP) is 2.74. The van der Waals surface area contributed by atoms with Gasteiger partial charge in [0.25, 0.3) is 5.91 Å². The van der Waals surface area contributed by atoms with Crippen LogP contribution in [-0.2, 0) is 25.9 Å². The fourth-order valence-electron chi connectivity index (χ4n) is 3.53. The molecular formula is C17H18N4OS. The average Bonchev–Trinajstić information content (AvgIpc) is 3.12. The molecule has 2 aliphatic rings. The third kappa shape index (κ3) is 2.55. The lowest BCUT2D eigenvalue weighted by atomic mass is 9.93. The molecule has 0 N–H and O–H groups in total. The Kier molecular flexibility index (Phi) is 3.66. The Balaban J connectivity index is 1.61. The zero-order chi connectivity index (χ0) is 15.8. The van der Waals surface area contributed by atoms with Crippen molar-refractivity contribution in [1.82, 2.24) is 14.7 Å². The highest BCUT2D eigenvalue weighted by molar-refractivity contribution is 7.12. The number of hydrogen-bond donors (Lipinski definition) is 0. The van der Waals surface area contributed by atoms with Crippen LogP contribution in [0.25, 0.3) is 0 Å². The second kappa shape index (κ2) is 5.82. The van der Waals surface area contributed by atoms with Gasteiger partial charge in [-0.25, -0.2) is 0 Å². The van der Waals surface area contributed by atoms with Crippen LogP contribution in [0.2, 0.25) is 0 Å². The van der Waals surface area contributed by atoms with Gasteiger partial charge in [0.2, 0.25) is 0 Å². The number of carbonyl (C=O) groups is 1. The summed E-state index contributed by atoms with van der Waals surface area (Å²) in [7, 11) is 0. The molecule has 0 atom stereocenters. The molecule has 2 aromatic heterocycles. The van der Waals surface area contributed by atoms with Crippen LogP contribution < -0.4 is 0 Å². The molecule has 3 heterocycles. The highest BCUT2D eigenvalue weighted by Gasteiger charge is 2.26. The van der Waals surface area contributed by atoms with Gasteiger partial charge in [-0.3, -0.25) is 9.48 Å². The van der Waals surface area contributed by atoms with Gasteiger partial charge in [-0.2, -0.15) is 10.4 Å². The number of aryl methyl sites for hydroxylation is 2. The van der Waals surface area contributed by atoms with Crippen molar-refractivity contribution in [2.75, 3.05) is 6.54 Å². The minimum absolute atomic E-state index is 0.145. The first-order chi connectivity index (χ1) is 11.3. The Labute approximate surface area is 139 Å². The molecule has 0 aromatic carbocycles. The van der Waals surface area contributed by atoms with Crippen molar-refractivity contribution in [2.24, 2.45) is 0 Å². The van der Waals surface area contributed by atoms with E-state index in [2.05, 4.69) is 16.5 Å². The van der Waals surface area contributed by atoms with Crippen LogP contribution in [0.4, 0.5) is 0 Å². The number of hydrogen-bond acceptors (Lipinski definition) is 4. The predicted molar refractivity (Wildman–Crippen MR) is 87.3 cm³/mol. The van der Waals surface area contributed by atoms with Gasteiger partial charge in [-0.1, -0.05) is 0 Å². The van der Waals surface area contributed by atoms with Gasteiger partial charge in [-0.05, 0) is 54.7 Å². The van der Waals surface area contributed by atoms with Gasteiger partial charge < -0.3 is 4.90 Å². The van der Waals surface area contributed by atoms with Crippen LogP contribution in [0, 0.1) is 11.3 Å². The Bertz CT molecular complexity index is 798. The van der Waals surface area contributed by atoms with E-state index in [1.54, 1.807) is 17.4 Å². The number of amides is 1. The number of nitriles is 1. The van der Waals surface area contributed by atoms with E-state index in [9.17, 15) is 4.79 Å². The molecule has 0 saturated heterocycles. The Hall–Kier alpha value is -2.13. The lowest BCUT2D eigenvalue weighted by Crippen LogP contribution is -2.31. The molecule has 0 radical (unpaired) electrons. The van der Waals surface area contributed by atoms with E-state index in [0.29, 0.717) is 12.2 Å². The van der Waals surface area contributed by atoms with Crippen LogP contribution in [0.5, 0.6) is 0 Å². The van der Waals surface area contributed by atoms with Crippen molar-refractivity contribution >= 4 is 17.2 Å². The summed E-state index contributed by atoms with van der Waals surface area (Å²) in [6.45, 7) is 2.06. The monoisotopic (exact) mass is 326 g/mol. The summed E-state index contributed by atoms with van der Waals surface area (Å²) in [6.07, 6.45) is 5.43. The van der Waals surface area contributed by atoms with Gasteiger partial charge in [0.1, 0.15) is 6.07 Å². The number of thiophene rings is 1. The maximum atomic E-state index is 13.0. The average molecular weight is 326 g/mol. The molecule has 5 nitrogen and oxygen atoms in total. The maximum absolute atomic E-state index is 13.0. The number of carbonyl (C=O) groups excluding carboxylic acids is 1. The largest absolute Gasteiger partial charge is 0.332 e. The van der Waals surface area contributed by atoms with Crippen LogP contribution in [0.3, 0.4) is 0 Å². The van der Waals surface area contributed by atoms with E-state index in [0.717, 1.165) is 42.9 Å². The molecule has 0 bridgehead atoms. The summed E-state index contributed by atoms with van der Waals surface area (Å²) in [5.41, 5.74) is 4.04. The molecule has 0 spiro atoms. The topological polar surface area (TPSA) is 61.9 Å². The molecule has 1 aliphatic carbocycles. The zero-order valence-corrected chi connectivity index (χ0v) is 13.7. The van der Waals surface area contributed by atoms with Crippen molar-refractivity contribution in [3.63, 3.8) is 0 Å². The summed E-state index contributed by atoms with van der Waals surface area (Å²) in [6, 6.07) is 3.88. The third-order valence-corrected chi connectivity index (χ3v) is 5.77. The van der Waals surface area contributed by atoms with Crippen molar-refractivity contribution in [2.45, 2.75) is 45.2 Å². The first-order valence-electron chi connectivity index (χ1n) is 8.11. The summed E-state index contributed by atoms with van der Waals surface area (Å²) in [5, 5.41) is 15.5. The maximum Gasteiger partial charge on any atom is 0.264 e. The first kappa shape index (κ1) is 14.5. The van der Waals surface area contributed by atoms with E-state index < -0.39 is 0 Å². The Morgan fingerprint density at radius 2 is 2.13 bits per heavy atom. The fraction of sp³-hybridized carbons (Fsp3) is 0.471. The SMILES string of the molecule is N#Cc1cc2n(n1)CCCN(C(=O)c1scc3c1CCCC3)C2. The standard InChI is InChI=1S/C17H18N4OS/c18-9-13-8-14-10-20(6-3-7-21(14)19-13)17(22)16-15-5-2-1-4-12(15)11-23-16/h8,11H,1-7,10H2. The molecule has 1 aliphatic heterocycles. The van der Waals surface area contributed by atoms with Gasteiger partial charge in [0.05, 0.1) is 17.1 Å². The normalized spacial score (nSPS) is 17.1. The molecule has 4 rings (SSSR count). The molecule has 0 fully saturated rings. The number of rotatable bonds is 1. The second-order valence-electron chi connectivity index (χ2n) is 6.21. The van der Waals surface area contributed by atoms with E-state index in [1.807, 2.05) is 9.58 Å². The molecule has 118 valence electrons. The molecule has 0 unspecified atom stereocenters. The summed E-state index contributed by atoms with van der Waals surface area (Å²) < 4.78 is 1.87. The Morgan fingerprint density at radius 1 is 1.26 bits per heavy atom. The quantitative estimate of drug-likeness (QED) is 0.809. The van der Waals surface area contributed by atoms with Crippen molar-refractivity contribution in [3.05, 3.63) is 38.8 Å². The minimum atomic E-state index is 0.145. The van der Waals surface area contributed by atoms with Crippen molar-refractivity contribution in [3.8, 4) is 6.07 Å².